The smallest absolute Gasteiger partial charge is 0.139 e. The van der Waals surface area contributed by atoms with E-state index in [0.29, 0.717) is 12.6 Å². The molecule has 0 saturated heterocycles. The Balaban J connectivity index is 2.66. The van der Waals surface area contributed by atoms with Crippen molar-refractivity contribution in [1.82, 2.24) is 0 Å². The van der Waals surface area contributed by atoms with Gasteiger partial charge in [-0.15, -0.1) is 0 Å². The molecule has 0 saturated carbocycles. The van der Waals surface area contributed by atoms with Crippen LogP contribution in [0.1, 0.15) is 18.1 Å². The fourth-order valence-electron chi connectivity index (χ4n) is 1.25. The van der Waals surface area contributed by atoms with E-state index in [1.165, 1.54) is 11.1 Å². The molecule has 0 aliphatic heterocycles. The zero-order chi connectivity index (χ0) is 9.84. The van der Waals surface area contributed by atoms with Gasteiger partial charge in [0.2, 0.25) is 0 Å². The minimum Gasteiger partial charge on any atom is -0.487 e. The molecule has 1 aromatic rings. The van der Waals surface area contributed by atoms with Crippen LogP contribution in [0.25, 0.3) is 0 Å². The van der Waals surface area contributed by atoms with Crippen LogP contribution in [0.5, 0.6) is 5.75 Å². The molecule has 0 aromatic heterocycles. The molecule has 2 nitrogen and oxygen atoms in total. The van der Waals surface area contributed by atoms with E-state index in [0.717, 1.165) is 5.75 Å². The van der Waals surface area contributed by atoms with Gasteiger partial charge in [0.05, 0.1) is 0 Å². The van der Waals surface area contributed by atoms with Gasteiger partial charge in [0.25, 0.3) is 0 Å². The monoisotopic (exact) mass is 180 g/mol. The van der Waals surface area contributed by atoms with Crippen LogP contribution < -0.4 is 10.5 Å². The Morgan fingerprint density at radius 3 is 2.23 bits per heavy atom. The van der Waals surface area contributed by atoms with Gasteiger partial charge in [-0.3, -0.25) is 0 Å². The summed E-state index contributed by atoms with van der Waals surface area (Å²) in [5.74, 6) is 0.952. The average molecular weight is 180 g/mol. The van der Waals surface area contributed by atoms with Crippen LogP contribution in [-0.2, 0) is 0 Å². The van der Waals surface area contributed by atoms with Crippen molar-refractivity contribution in [2.24, 2.45) is 0 Å². The van der Waals surface area contributed by atoms with E-state index in [9.17, 15) is 0 Å². The summed E-state index contributed by atoms with van der Waals surface area (Å²) in [5.41, 5.74) is 6.36. The lowest BCUT2D eigenvalue weighted by atomic mass is 10.1. The molecule has 0 unspecified atom stereocenters. The summed E-state index contributed by atoms with van der Waals surface area (Å²) in [6.07, 6.45) is 0. The van der Waals surface area contributed by atoms with Crippen molar-refractivity contribution in [2.45, 2.75) is 26.8 Å². The SMILES string of the molecule is Cc1cc(C)cc(OC[C@@H](C)[NH3+])c1. The third-order valence-electron chi connectivity index (χ3n) is 1.73. The average Bonchev–Trinajstić information content (AvgIpc) is 1.99. The normalized spacial score (nSPS) is 12.6. The van der Waals surface area contributed by atoms with E-state index < -0.39 is 0 Å². The van der Waals surface area contributed by atoms with Gasteiger partial charge in [-0.25, -0.2) is 0 Å². The zero-order valence-electron chi connectivity index (χ0n) is 8.63. The van der Waals surface area contributed by atoms with Gasteiger partial charge >= 0.3 is 0 Å². The molecule has 0 radical (unpaired) electrons. The molecule has 0 aliphatic rings. The van der Waals surface area contributed by atoms with Crippen LogP contribution in [0.2, 0.25) is 0 Å². The van der Waals surface area contributed by atoms with Crippen molar-refractivity contribution in [3.63, 3.8) is 0 Å². The molecule has 72 valence electrons. The topological polar surface area (TPSA) is 36.9 Å². The number of quaternary nitrogens is 1. The van der Waals surface area contributed by atoms with Crippen LogP contribution in [0.3, 0.4) is 0 Å². The van der Waals surface area contributed by atoms with Crippen molar-refractivity contribution >= 4 is 0 Å². The molecule has 3 N–H and O–H groups in total. The minimum absolute atomic E-state index is 0.334. The highest BCUT2D eigenvalue weighted by Crippen LogP contribution is 2.15. The molecule has 1 aromatic carbocycles. The Bertz CT molecular complexity index is 261. The molecule has 0 aliphatic carbocycles. The van der Waals surface area contributed by atoms with E-state index in [1.54, 1.807) is 0 Å². The fraction of sp³-hybridized carbons (Fsp3) is 0.455. The maximum Gasteiger partial charge on any atom is 0.139 e. The van der Waals surface area contributed by atoms with Crippen LogP contribution in [0, 0.1) is 13.8 Å². The van der Waals surface area contributed by atoms with E-state index in [2.05, 4.69) is 37.8 Å². The third kappa shape index (κ3) is 3.47. The molecule has 0 heterocycles. The summed E-state index contributed by atoms with van der Waals surface area (Å²) >= 11 is 0. The van der Waals surface area contributed by atoms with Gasteiger partial charge in [-0.1, -0.05) is 6.07 Å². The van der Waals surface area contributed by atoms with E-state index in [1.807, 2.05) is 6.92 Å². The first-order valence-electron chi connectivity index (χ1n) is 4.62. The number of aryl methyl sites for hydroxylation is 2. The molecule has 0 amide bonds. The second-order valence-corrected chi connectivity index (χ2v) is 3.74. The quantitative estimate of drug-likeness (QED) is 0.748. The van der Waals surface area contributed by atoms with Crippen LogP contribution in [-0.4, -0.2) is 12.6 Å². The number of benzene rings is 1. The zero-order valence-corrected chi connectivity index (χ0v) is 8.63. The molecule has 13 heavy (non-hydrogen) atoms. The summed E-state index contributed by atoms with van der Waals surface area (Å²) in [4.78, 5) is 0. The maximum atomic E-state index is 5.57. The van der Waals surface area contributed by atoms with Gasteiger partial charge in [-0.05, 0) is 44.0 Å². The number of hydrogen-bond acceptors (Lipinski definition) is 1. The Hall–Kier alpha value is -1.02. The lowest BCUT2D eigenvalue weighted by molar-refractivity contribution is -0.417. The largest absolute Gasteiger partial charge is 0.487 e. The summed E-state index contributed by atoms with van der Waals surface area (Å²) in [6.45, 7) is 6.88. The van der Waals surface area contributed by atoms with Gasteiger partial charge < -0.3 is 10.5 Å². The molecule has 1 rings (SSSR count). The van der Waals surface area contributed by atoms with Crippen molar-refractivity contribution in [1.29, 1.82) is 0 Å². The highest BCUT2D eigenvalue weighted by atomic mass is 16.5. The summed E-state index contributed by atoms with van der Waals surface area (Å²) in [6, 6.07) is 6.58. The third-order valence-corrected chi connectivity index (χ3v) is 1.73. The molecular weight excluding hydrogens is 162 g/mol. The van der Waals surface area contributed by atoms with E-state index >= 15 is 0 Å². The Labute approximate surface area is 79.7 Å². The van der Waals surface area contributed by atoms with Crippen molar-refractivity contribution in [2.75, 3.05) is 6.61 Å². The van der Waals surface area contributed by atoms with Gasteiger partial charge in [0.1, 0.15) is 18.4 Å². The first-order valence-corrected chi connectivity index (χ1v) is 4.62. The van der Waals surface area contributed by atoms with Crippen LogP contribution in [0.15, 0.2) is 18.2 Å². The molecular formula is C11H18NO+. The second kappa shape index (κ2) is 4.28. The number of hydrogen-bond donors (Lipinski definition) is 1. The Morgan fingerprint density at radius 1 is 1.23 bits per heavy atom. The predicted octanol–water partition coefficient (Wildman–Crippen LogP) is 1.31. The molecule has 0 spiro atoms. The van der Waals surface area contributed by atoms with Crippen molar-refractivity contribution in [3.8, 4) is 5.75 Å². The fourth-order valence-corrected chi connectivity index (χ4v) is 1.25. The van der Waals surface area contributed by atoms with Crippen molar-refractivity contribution < 1.29 is 10.5 Å². The van der Waals surface area contributed by atoms with Gasteiger partial charge in [0.15, 0.2) is 0 Å². The van der Waals surface area contributed by atoms with Crippen molar-refractivity contribution in [3.05, 3.63) is 29.3 Å². The van der Waals surface area contributed by atoms with Gasteiger partial charge in [0, 0.05) is 0 Å². The Kier molecular flexibility index (Phi) is 3.32. The lowest BCUT2D eigenvalue weighted by Gasteiger charge is -2.08. The first-order chi connectivity index (χ1) is 6.08. The summed E-state index contributed by atoms with van der Waals surface area (Å²) in [5, 5.41) is 0. The van der Waals surface area contributed by atoms with E-state index in [4.69, 9.17) is 4.74 Å². The highest BCUT2D eigenvalue weighted by Gasteiger charge is 2.00. The van der Waals surface area contributed by atoms with Crippen LogP contribution >= 0.6 is 0 Å². The lowest BCUT2D eigenvalue weighted by Crippen LogP contribution is -2.61. The molecule has 0 fully saturated rings. The minimum atomic E-state index is 0.334. The molecule has 2 heteroatoms. The number of ether oxygens (including phenoxy) is 1. The molecule has 1 atom stereocenters. The first kappa shape index (κ1) is 10.1. The van der Waals surface area contributed by atoms with E-state index in [-0.39, 0.29) is 0 Å². The standard InChI is InChI=1S/C11H17NO/c1-8-4-9(2)6-11(5-8)13-7-10(3)12/h4-6,10H,7,12H2,1-3H3/p+1/t10-/m1/s1. The second-order valence-electron chi connectivity index (χ2n) is 3.74. The summed E-state index contributed by atoms with van der Waals surface area (Å²) in [7, 11) is 0. The predicted molar refractivity (Wildman–Crippen MR) is 53.8 cm³/mol. The maximum absolute atomic E-state index is 5.57. The summed E-state index contributed by atoms with van der Waals surface area (Å²) < 4.78 is 5.57. The van der Waals surface area contributed by atoms with Gasteiger partial charge in [-0.2, -0.15) is 0 Å². The number of rotatable bonds is 3. The highest BCUT2D eigenvalue weighted by molar-refractivity contribution is 5.32. The molecule has 0 bridgehead atoms. The van der Waals surface area contributed by atoms with Crippen LogP contribution in [0.4, 0.5) is 0 Å². The Morgan fingerprint density at radius 2 is 1.77 bits per heavy atom.